The minimum absolute atomic E-state index is 0.209. The second-order valence-corrected chi connectivity index (χ2v) is 5.95. The highest BCUT2D eigenvalue weighted by Crippen LogP contribution is 2.40. The molecule has 0 saturated heterocycles. The number of hydrogen-bond donors (Lipinski definition) is 1. The molecule has 1 aromatic heterocycles. The first-order valence-electron chi connectivity index (χ1n) is 7.71. The maximum atomic E-state index is 11.5. The largest absolute Gasteiger partial charge is 0.354 e. The average molecular weight is 277 g/mol. The molecular formula is C16H27N3O. The van der Waals surface area contributed by atoms with Gasteiger partial charge in [0.2, 0.25) is 5.91 Å². The molecule has 1 aliphatic carbocycles. The highest BCUT2D eigenvalue weighted by atomic mass is 16.2. The highest BCUT2D eigenvalue weighted by Gasteiger charge is 2.31. The van der Waals surface area contributed by atoms with Crippen molar-refractivity contribution in [3.63, 3.8) is 0 Å². The standard InChI is InChI=1S/C16H27N3O/c1-4-17-16(13-7-8-13)14-9-11-19(12-14)10-5-6-15(20)18(2)3/h9,11-13,16-17H,4-8,10H2,1-3H3. The molecule has 1 aliphatic rings. The molecule has 0 aliphatic heterocycles. The van der Waals surface area contributed by atoms with Crippen LogP contribution in [0.5, 0.6) is 0 Å². The van der Waals surface area contributed by atoms with Crippen LogP contribution in [-0.2, 0) is 11.3 Å². The molecule has 4 nitrogen and oxygen atoms in total. The summed E-state index contributed by atoms with van der Waals surface area (Å²) in [5.74, 6) is 1.03. The van der Waals surface area contributed by atoms with E-state index in [4.69, 9.17) is 0 Å². The summed E-state index contributed by atoms with van der Waals surface area (Å²) in [5, 5.41) is 3.59. The van der Waals surface area contributed by atoms with Gasteiger partial charge in [-0.05, 0) is 43.4 Å². The molecule has 0 aromatic carbocycles. The van der Waals surface area contributed by atoms with E-state index in [0.717, 1.165) is 25.4 Å². The van der Waals surface area contributed by atoms with E-state index in [1.165, 1.54) is 18.4 Å². The first-order valence-corrected chi connectivity index (χ1v) is 7.71. The van der Waals surface area contributed by atoms with Crippen LogP contribution in [0.25, 0.3) is 0 Å². The average Bonchev–Trinajstić information content (AvgIpc) is 3.15. The molecule has 0 spiro atoms. The molecule has 1 unspecified atom stereocenters. The van der Waals surface area contributed by atoms with Crippen LogP contribution in [0.3, 0.4) is 0 Å². The van der Waals surface area contributed by atoms with E-state index in [2.05, 4.69) is 35.3 Å². The summed E-state index contributed by atoms with van der Waals surface area (Å²) in [5.41, 5.74) is 1.40. The third-order valence-electron chi connectivity index (χ3n) is 3.96. The maximum absolute atomic E-state index is 11.5. The first kappa shape index (κ1) is 15.1. The maximum Gasteiger partial charge on any atom is 0.222 e. The highest BCUT2D eigenvalue weighted by molar-refractivity contribution is 5.75. The van der Waals surface area contributed by atoms with Gasteiger partial charge in [0.15, 0.2) is 0 Å². The van der Waals surface area contributed by atoms with E-state index in [1.807, 2.05) is 14.1 Å². The Kier molecular flexibility index (Phi) is 5.24. The van der Waals surface area contributed by atoms with E-state index in [9.17, 15) is 4.79 Å². The summed E-state index contributed by atoms with van der Waals surface area (Å²) in [6.07, 6.45) is 8.61. The second kappa shape index (κ2) is 6.93. The molecule has 1 heterocycles. The quantitative estimate of drug-likeness (QED) is 0.792. The van der Waals surface area contributed by atoms with Gasteiger partial charge in [-0.25, -0.2) is 0 Å². The van der Waals surface area contributed by atoms with Crippen molar-refractivity contribution in [1.82, 2.24) is 14.8 Å². The van der Waals surface area contributed by atoms with Crippen LogP contribution in [0.1, 0.15) is 44.2 Å². The molecule has 1 N–H and O–H groups in total. The lowest BCUT2D eigenvalue weighted by Gasteiger charge is -2.15. The lowest BCUT2D eigenvalue weighted by atomic mass is 10.1. The number of nitrogens with zero attached hydrogens (tertiary/aromatic N) is 2. The molecule has 112 valence electrons. The Balaban J connectivity index is 1.83. The third-order valence-corrected chi connectivity index (χ3v) is 3.96. The fourth-order valence-electron chi connectivity index (χ4n) is 2.63. The lowest BCUT2D eigenvalue weighted by molar-refractivity contribution is -0.128. The van der Waals surface area contributed by atoms with Gasteiger partial charge in [-0.1, -0.05) is 6.92 Å². The predicted octanol–water partition coefficient (Wildman–Crippen LogP) is 2.42. The Bertz CT molecular complexity index is 435. The molecule has 1 aromatic rings. The lowest BCUT2D eigenvalue weighted by Crippen LogP contribution is -2.22. The number of aromatic nitrogens is 1. The molecule has 1 atom stereocenters. The summed E-state index contributed by atoms with van der Waals surface area (Å²) in [6, 6.07) is 2.74. The monoisotopic (exact) mass is 277 g/mol. The van der Waals surface area contributed by atoms with Gasteiger partial charge in [0, 0.05) is 45.5 Å². The number of carbonyl (C=O) groups excluding carboxylic acids is 1. The van der Waals surface area contributed by atoms with Crippen LogP contribution in [0.4, 0.5) is 0 Å². The van der Waals surface area contributed by atoms with Crippen LogP contribution in [0.15, 0.2) is 18.5 Å². The van der Waals surface area contributed by atoms with Crippen molar-refractivity contribution in [2.24, 2.45) is 5.92 Å². The van der Waals surface area contributed by atoms with Crippen molar-refractivity contribution in [3.05, 3.63) is 24.0 Å². The van der Waals surface area contributed by atoms with Gasteiger partial charge in [0.05, 0.1) is 0 Å². The number of carbonyl (C=O) groups is 1. The fourth-order valence-corrected chi connectivity index (χ4v) is 2.63. The number of aryl methyl sites for hydroxylation is 1. The van der Waals surface area contributed by atoms with E-state index >= 15 is 0 Å². The smallest absolute Gasteiger partial charge is 0.222 e. The fraction of sp³-hybridized carbons (Fsp3) is 0.688. The van der Waals surface area contributed by atoms with Crippen molar-refractivity contribution >= 4 is 5.91 Å². The normalized spacial score (nSPS) is 16.1. The van der Waals surface area contributed by atoms with Gasteiger partial charge in [0.25, 0.3) is 0 Å². The van der Waals surface area contributed by atoms with Crippen LogP contribution in [0.2, 0.25) is 0 Å². The van der Waals surface area contributed by atoms with Crippen LogP contribution in [0, 0.1) is 5.92 Å². The summed E-state index contributed by atoms with van der Waals surface area (Å²) >= 11 is 0. The van der Waals surface area contributed by atoms with Gasteiger partial charge in [0.1, 0.15) is 0 Å². The molecule has 1 saturated carbocycles. The van der Waals surface area contributed by atoms with Crippen LogP contribution in [-0.4, -0.2) is 36.0 Å². The summed E-state index contributed by atoms with van der Waals surface area (Å²) in [7, 11) is 3.62. The molecule has 4 heteroatoms. The van der Waals surface area contributed by atoms with Crippen LogP contribution >= 0.6 is 0 Å². The molecular weight excluding hydrogens is 250 g/mol. The van der Waals surface area contributed by atoms with E-state index in [-0.39, 0.29) is 5.91 Å². The Morgan fingerprint density at radius 3 is 2.85 bits per heavy atom. The van der Waals surface area contributed by atoms with Gasteiger partial charge in [-0.15, -0.1) is 0 Å². The van der Waals surface area contributed by atoms with Gasteiger partial charge in [-0.2, -0.15) is 0 Å². The molecule has 1 amide bonds. The van der Waals surface area contributed by atoms with Crippen LogP contribution < -0.4 is 5.32 Å². The molecule has 0 bridgehead atoms. The number of hydrogen-bond acceptors (Lipinski definition) is 2. The SMILES string of the molecule is CCNC(c1ccn(CCCC(=O)N(C)C)c1)C1CC1. The first-order chi connectivity index (χ1) is 9.61. The van der Waals surface area contributed by atoms with E-state index in [1.54, 1.807) is 4.90 Å². The Hall–Kier alpha value is -1.29. The van der Waals surface area contributed by atoms with Crippen molar-refractivity contribution in [2.45, 2.75) is 45.2 Å². The zero-order valence-electron chi connectivity index (χ0n) is 12.9. The number of amides is 1. The molecule has 2 rings (SSSR count). The second-order valence-electron chi connectivity index (χ2n) is 5.95. The molecule has 0 radical (unpaired) electrons. The Morgan fingerprint density at radius 1 is 1.50 bits per heavy atom. The predicted molar refractivity (Wildman–Crippen MR) is 81.5 cm³/mol. The van der Waals surface area contributed by atoms with Crippen molar-refractivity contribution in [2.75, 3.05) is 20.6 Å². The van der Waals surface area contributed by atoms with Gasteiger partial charge < -0.3 is 14.8 Å². The van der Waals surface area contributed by atoms with Crippen molar-refractivity contribution in [1.29, 1.82) is 0 Å². The summed E-state index contributed by atoms with van der Waals surface area (Å²) < 4.78 is 2.21. The summed E-state index contributed by atoms with van der Waals surface area (Å²) in [6.45, 7) is 4.10. The third kappa shape index (κ3) is 4.10. The van der Waals surface area contributed by atoms with Gasteiger partial charge in [-0.3, -0.25) is 4.79 Å². The summed E-state index contributed by atoms with van der Waals surface area (Å²) in [4.78, 5) is 13.2. The minimum Gasteiger partial charge on any atom is -0.354 e. The zero-order chi connectivity index (χ0) is 14.5. The minimum atomic E-state index is 0.209. The van der Waals surface area contributed by atoms with Gasteiger partial charge >= 0.3 is 0 Å². The Morgan fingerprint density at radius 2 is 2.25 bits per heavy atom. The zero-order valence-corrected chi connectivity index (χ0v) is 12.9. The van der Waals surface area contributed by atoms with E-state index < -0.39 is 0 Å². The molecule has 1 fully saturated rings. The topological polar surface area (TPSA) is 37.3 Å². The Labute approximate surface area is 122 Å². The molecule has 20 heavy (non-hydrogen) atoms. The van der Waals surface area contributed by atoms with Crippen molar-refractivity contribution in [3.8, 4) is 0 Å². The number of nitrogens with one attached hydrogen (secondary N) is 1. The van der Waals surface area contributed by atoms with E-state index in [0.29, 0.717) is 12.5 Å². The van der Waals surface area contributed by atoms with Crippen molar-refractivity contribution < 1.29 is 4.79 Å². The number of rotatable bonds is 8.